The second kappa shape index (κ2) is 5.44. The second-order valence-electron chi connectivity index (χ2n) is 2.77. The number of carboxylic acid groups (broad SMARTS) is 1. The Balaban J connectivity index is 2.34. The number of hydrogen-bond acceptors (Lipinski definition) is 3. The Hall–Kier alpha value is -1.29. The molecule has 0 bridgehead atoms. The molecule has 0 unspecified atom stereocenters. The summed E-state index contributed by atoms with van der Waals surface area (Å²) < 4.78 is 0. The highest BCUT2D eigenvalue weighted by atomic mass is 32.1. The van der Waals surface area contributed by atoms with E-state index in [9.17, 15) is 4.79 Å². The van der Waals surface area contributed by atoms with Crippen LogP contribution in [0.15, 0.2) is 24.4 Å². The zero-order valence-corrected chi connectivity index (χ0v) is 8.80. The minimum Gasteiger partial charge on any atom is -0.478 e. The Morgan fingerprint density at radius 2 is 2.29 bits per heavy atom. The molecule has 0 amide bonds. The highest BCUT2D eigenvalue weighted by Gasteiger charge is 1.96. The van der Waals surface area contributed by atoms with Crippen LogP contribution in [0.1, 0.15) is 16.7 Å². The molecule has 0 saturated heterocycles. The summed E-state index contributed by atoms with van der Waals surface area (Å²) in [7, 11) is 0. The van der Waals surface area contributed by atoms with Crippen LogP contribution in [-0.4, -0.2) is 11.1 Å². The van der Waals surface area contributed by atoms with Crippen LogP contribution in [0.25, 0.3) is 0 Å². The fourth-order valence-corrected chi connectivity index (χ4v) is 1.91. The first-order chi connectivity index (χ1) is 6.72. The highest BCUT2D eigenvalue weighted by molar-refractivity contribution is 7.11. The molecular weight excluding hydrogens is 198 g/mol. The van der Waals surface area contributed by atoms with Gasteiger partial charge in [-0.05, 0) is 18.6 Å². The second-order valence-corrected chi connectivity index (χ2v) is 4.03. The number of rotatable bonds is 5. The summed E-state index contributed by atoms with van der Waals surface area (Å²) in [5.74, 6) is -0.932. The Morgan fingerprint density at radius 3 is 2.86 bits per heavy atom. The largest absolute Gasteiger partial charge is 0.478 e. The fraction of sp³-hybridized carbons (Fsp3) is 0.300. The normalized spacial score (nSPS) is 10.6. The van der Waals surface area contributed by atoms with Gasteiger partial charge in [0.05, 0.1) is 0 Å². The Bertz CT molecular complexity index is 331. The van der Waals surface area contributed by atoms with E-state index in [1.165, 1.54) is 16.0 Å². The molecule has 1 heterocycles. The standard InChI is InChI=1S/C10H13NO2S/c1-2-8-3-4-9(14-8)7-11-6-5-10(12)13/h3-6,11H,2,7H2,1H3,(H,12,13)/b6-5+. The molecule has 0 saturated carbocycles. The topological polar surface area (TPSA) is 49.3 Å². The third-order valence-electron chi connectivity index (χ3n) is 1.69. The van der Waals surface area contributed by atoms with Crippen molar-refractivity contribution in [2.75, 3.05) is 0 Å². The van der Waals surface area contributed by atoms with Gasteiger partial charge < -0.3 is 10.4 Å². The lowest BCUT2D eigenvalue weighted by molar-refractivity contribution is -0.131. The van der Waals surface area contributed by atoms with Gasteiger partial charge in [0.1, 0.15) is 0 Å². The van der Waals surface area contributed by atoms with Crippen molar-refractivity contribution in [2.45, 2.75) is 19.9 Å². The van der Waals surface area contributed by atoms with E-state index in [1.807, 2.05) is 0 Å². The molecule has 0 atom stereocenters. The summed E-state index contributed by atoms with van der Waals surface area (Å²) in [6.45, 7) is 2.81. The van der Waals surface area contributed by atoms with Gasteiger partial charge >= 0.3 is 5.97 Å². The molecule has 0 radical (unpaired) electrons. The van der Waals surface area contributed by atoms with Gasteiger partial charge in [0, 0.05) is 28.6 Å². The lowest BCUT2D eigenvalue weighted by atomic mass is 10.4. The number of thiophene rings is 1. The van der Waals surface area contributed by atoms with Crippen molar-refractivity contribution >= 4 is 17.3 Å². The maximum atomic E-state index is 10.1. The first kappa shape index (κ1) is 10.8. The summed E-state index contributed by atoms with van der Waals surface area (Å²) in [5.41, 5.74) is 0. The molecule has 0 aliphatic rings. The SMILES string of the molecule is CCc1ccc(CN/C=C/C(=O)O)s1. The molecule has 1 rings (SSSR count). The number of aryl methyl sites for hydroxylation is 1. The summed E-state index contributed by atoms with van der Waals surface area (Å²) >= 11 is 1.75. The zero-order valence-electron chi connectivity index (χ0n) is 7.99. The number of nitrogens with one attached hydrogen (secondary N) is 1. The Labute approximate surface area is 87.1 Å². The van der Waals surface area contributed by atoms with Crippen LogP contribution in [-0.2, 0) is 17.8 Å². The van der Waals surface area contributed by atoms with Crippen molar-refractivity contribution in [3.8, 4) is 0 Å². The first-order valence-corrected chi connectivity index (χ1v) is 5.24. The van der Waals surface area contributed by atoms with Gasteiger partial charge in [-0.2, -0.15) is 0 Å². The van der Waals surface area contributed by atoms with E-state index in [-0.39, 0.29) is 0 Å². The lowest BCUT2D eigenvalue weighted by Gasteiger charge is -1.95. The minimum absolute atomic E-state index is 0.689. The molecule has 4 heteroatoms. The lowest BCUT2D eigenvalue weighted by Crippen LogP contribution is -2.03. The van der Waals surface area contributed by atoms with Crippen LogP contribution in [0.3, 0.4) is 0 Å². The van der Waals surface area contributed by atoms with Gasteiger partial charge in [0.15, 0.2) is 0 Å². The van der Waals surface area contributed by atoms with Crippen LogP contribution in [0.5, 0.6) is 0 Å². The van der Waals surface area contributed by atoms with Crippen molar-refractivity contribution in [3.63, 3.8) is 0 Å². The third-order valence-corrected chi connectivity index (χ3v) is 2.92. The zero-order chi connectivity index (χ0) is 10.4. The van der Waals surface area contributed by atoms with Crippen molar-refractivity contribution in [2.24, 2.45) is 0 Å². The number of carbonyl (C=O) groups is 1. The molecule has 0 aromatic carbocycles. The smallest absolute Gasteiger partial charge is 0.329 e. The highest BCUT2D eigenvalue weighted by Crippen LogP contribution is 2.16. The Kier molecular flexibility index (Phi) is 4.19. The van der Waals surface area contributed by atoms with E-state index in [1.54, 1.807) is 11.3 Å². The summed E-state index contributed by atoms with van der Waals surface area (Å²) in [6, 6.07) is 4.16. The summed E-state index contributed by atoms with van der Waals surface area (Å²) in [6.07, 6.45) is 3.59. The van der Waals surface area contributed by atoms with Crippen LogP contribution in [0, 0.1) is 0 Å². The predicted octanol–water partition coefficient (Wildman–Crippen LogP) is 2.00. The van der Waals surface area contributed by atoms with Crippen LogP contribution in [0.2, 0.25) is 0 Å². The molecule has 0 fully saturated rings. The van der Waals surface area contributed by atoms with Crippen LogP contribution in [0.4, 0.5) is 0 Å². The summed E-state index contributed by atoms with van der Waals surface area (Å²) in [5, 5.41) is 11.2. The van der Waals surface area contributed by atoms with E-state index in [4.69, 9.17) is 5.11 Å². The molecule has 0 spiro atoms. The maximum absolute atomic E-state index is 10.1. The maximum Gasteiger partial charge on any atom is 0.329 e. The number of aliphatic carboxylic acids is 1. The van der Waals surface area contributed by atoms with Crippen molar-refractivity contribution in [1.29, 1.82) is 0 Å². The molecule has 0 aliphatic carbocycles. The van der Waals surface area contributed by atoms with E-state index in [2.05, 4.69) is 24.4 Å². The van der Waals surface area contributed by atoms with Crippen molar-refractivity contribution in [3.05, 3.63) is 34.2 Å². The van der Waals surface area contributed by atoms with E-state index < -0.39 is 5.97 Å². The van der Waals surface area contributed by atoms with E-state index in [0.29, 0.717) is 6.54 Å². The van der Waals surface area contributed by atoms with Crippen LogP contribution < -0.4 is 5.32 Å². The van der Waals surface area contributed by atoms with Crippen LogP contribution >= 0.6 is 11.3 Å². The minimum atomic E-state index is -0.932. The molecule has 2 N–H and O–H groups in total. The molecule has 14 heavy (non-hydrogen) atoms. The van der Waals surface area contributed by atoms with Gasteiger partial charge in [-0.1, -0.05) is 6.92 Å². The van der Waals surface area contributed by atoms with Gasteiger partial charge in [-0.25, -0.2) is 4.79 Å². The van der Waals surface area contributed by atoms with Gasteiger partial charge in [0.25, 0.3) is 0 Å². The molecule has 1 aromatic heterocycles. The van der Waals surface area contributed by atoms with Gasteiger partial charge in [0.2, 0.25) is 0 Å². The molecule has 76 valence electrons. The van der Waals surface area contributed by atoms with Gasteiger partial charge in [-0.3, -0.25) is 0 Å². The van der Waals surface area contributed by atoms with Crippen molar-refractivity contribution in [1.82, 2.24) is 5.32 Å². The molecule has 1 aromatic rings. The number of carboxylic acids is 1. The third kappa shape index (κ3) is 3.62. The number of hydrogen-bond donors (Lipinski definition) is 2. The van der Waals surface area contributed by atoms with Crippen molar-refractivity contribution < 1.29 is 9.90 Å². The molecule has 3 nitrogen and oxygen atoms in total. The average Bonchev–Trinajstić information content (AvgIpc) is 2.60. The molecule has 0 aliphatic heterocycles. The first-order valence-electron chi connectivity index (χ1n) is 4.43. The predicted molar refractivity (Wildman–Crippen MR) is 57.3 cm³/mol. The van der Waals surface area contributed by atoms with E-state index >= 15 is 0 Å². The average molecular weight is 211 g/mol. The Morgan fingerprint density at radius 1 is 1.57 bits per heavy atom. The van der Waals surface area contributed by atoms with Gasteiger partial charge in [-0.15, -0.1) is 11.3 Å². The van der Waals surface area contributed by atoms with E-state index in [0.717, 1.165) is 12.5 Å². The monoisotopic (exact) mass is 211 g/mol. The summed E-state index contributed by atoms with van der Waals surface area (Å²) in [4.78, 5) is 12.7. The quantitative estimate of drug-likeness (QED) is 0.732. The fourth-order valence-electron chi connectivity index (χ4n) is 0.997. The molecular formula is C10H13NO2S.